The van der Waals surface area contributed by atoms with Crippen LogP contribution in [0.15, 0.2) is 42.5 Å². The van der Waals surface area contributed by atoms with Gasteiger partial charge in [0.05, 0.1) is 12.1 Å². The molecule has 1 N–H and O–H groups in total. The van der Waals surface area contributed by atoms with E-state index in [0.29, 0.717) is 42.0 Å². The Bertz CT molecular complexity index is 804. The summed E-state index contributed by atoms with van der Waals surface area (Å²) in [5, 5.41) is 3.30. The fourth-order valence-electron chi connectivity index (χ4n) is 2.48. The van der Waals surface area contributed by atoms with Gasteiger partial charge >= 0.3 is 0 Å². The van der Waals surface area contributed by atoms with E-state index in [2.05, 4.69) is 5.32 Å². The Morgan fingerprint density at radius 1 is 1.28 bits per heavy atom. The van der Waals surface area contributed by atoms with Crippen molar-refractivity contribution in [2.75, 3.05) is 20.3 Å². The summed E-state index contributed by atoms with van der Waals surface area (Å²) in [6, 6.07) is 11.1. The van der Waals surface area contributed by atoms with Crippen molar-refractivity contribution in [2.24, 2.45) is 0 Å². The zero-order valence-corrected chi connectivity index (χ0v) is 14.5. The van der Waals surface area contributed by atoms with Crippen LogP contribution in [0.3, 0.4) is 0 Å². The summed E-state index contributed by atoms with van der Waals surface area (Å²) in [5.41, 5.74) is 1.68. The molecule has 0 fully saturated rings. The van der Waals surface area contributed by atoms with Gasteiger partial charge in [0.1, 0.15) is 19.0 Å². The van der Waals surface area contributed by atoms with Crippen molar-refractivity contribution in [3.8, 4) is 17.2 Å². The van der Waals surface area contributed by atoms with E-state index in [9.17, 15) is 4.79 Å². The standard InChI is InChI=1S/C19H18ClNO4/c1-23-16-5-3-2-4-14(16)6-7-18(22)21-12-13-10-15(20)19-17(11-13)24-8-9-25-19/h2-7,10-11H,8-9,12H2,1H3,(H,21,22)/b7-6+. The summed E-state index contributed by atoms with van der Waals surface area (Å²) in [6.07, 6.45) is 3.18. The van der Waals surface area contributed by atoms with Crippen LogP contribution >= 0.6 is 11.6 Å². The molecule has 1 aliphatic rings. The highest BCUT2D eigenvalue weighted by Gasteiger charge is 2.16. The van der Waals surface area contributed by atoms with Gasteiger partial charge in [-0.2, -0.15) is 0 Å². The van der Waals surface area contributed by atoms with Crippen LogP contribution in [-0.4, -0.2) is 26.2 Å². The fourth-order valence-corrected chi connectivity index (χ4v) is 2.77. The minimum Gasteiger partial charge on any atom is -0.496 e. The minimum absolute atomic E-state index is 0.211. The first kappa shape index (κ1) is 17.2. The van der Waals surface area contributed by atoms with Crippen LogP contribution in [0.25, 0.3) is 6.08 Å². The molecule has 0 aromatic heterocycles. The Morgan fingerprint density at radius 2 is 2.08 bits per heavy atom. The molecule has 3 rings (SSSR count). The maximum atomic E-state index is 12.0. The molecule has 1 heterocycles. The molecule has 2 aromatic carbocycles. The molecule has 1 aliphatic heterocycles. The van der Waals surface area contributed by atoms with Gasteiger partial charge in [0.2, 0.25) is 5.91 Å². The Hall–Kier alpha value is -2.66. The van der Waals surface area contributed by atoms with E-state index in [1.807, 2.05) is 30.3 Å². The Balaban J connectivity index is 1.63. The number of benzene rings is 2. The second kappa shape index (κ2) is 7.94. The number of rotatable bonds is 5. The molecule has 2 aromatic rings. The molecule has 0 atom stereocenters. The van der Waals surface area contributed by atoms with Crippen molar-refractivity contribution in [1.82, 2.24) is 5.32 Å². The van der Waals surface area contributed by atoms with E-state index in [4.69, 9.17) is 25.8 Å². The van der Waals surface area contributed by atoms with Crippen molar-refractivity contribution in [2.45, 2.75) is 6.54 Å². The maximum Gasteiger partial charge on any atom is 0.244 e. The summed E-state index contributed by atoms with van der Waals surface area (Å²) in [7, 11) is 1.60. The van der Waals surface area contributed by atoms with Crippen LogP contribution in [0.2, 0.25) is 5.02 Å². The molecule has 5 nitrogen and oxygen atoms in total. The number of ether oxygens (including phenoxy) is 3. The molecule has 0 saturated carbocycles. The van der Waals surface area contributed by atoms with Gasteiger partial charge in [-0.25, -0.2) is 0 Å². The molecule has 6 heteroatoms. The lowest BCUT2D eigenvalue weighted by atomic mass is 10.1. The van der Waals surface area contributed by atoms with E-state index in [-0.39, 0.29) is 5.91 Å². The monoisotopic (exact) mass is 359 g/mol. The molecule has 25 heavy (non-hydrogen) atoms. The van der Waals surface area contributed by atoms with Crippen LogP contribution in [0.1, 0.15) is 11.1 Å². The van der Waals surface area contributed by atoms with Crippen LogP contribution < -0.4 is 19.5 Å². The average Bonchev–Trinajstić information content (AvgIpc) is 2.65. The highest BCUT2D eigenvalue weighted by Crippen LogP contribution is 2.38. The number of methoxy groups -OCH3 is 1. The summed E-state index contributed by atoms with van der Waals surface area (Å²) < 4.78 is 16.3. The third-order valence-corrected chi connectivity index (χ3v) is 3.96. The van der Waals surface area contributed by atoms with Gasteiger partial charge in [-0.15, -0.1) is 0 Å². The predicted molar refractivity (Wildman–Crippen MR) is 96.3 cm³/mol. The van der Waals surface area contributed by atoms with E-state index >= 15 is 0 Å². The molecule has 0 radical (unpaired) electrons. The van der Waals surface area contributed by atoms with Crippen LogP contribution in [0, 0.1) is 0 Å². The molecular formula is C19H18ClNO4. The number of carbonyl (C=O) groups is 1. The number of nitrogens with one attached hydrogen (secondary N) is 1. The third-order valence-electron chi connectivity index (χ3n) is 3.68. The Morgan fingerprint density at radius 3 is 2.92 bits per heavy atom. The molecule has 0 unspecified atom stereocenters. The summed E-state index contributed by atoms with van der Waals surface area (Å²) in [4.78, 5) is 12.0. The molecule has 1 amide bonds. The van der Waals surface area contributed by atoms with Crippen molar-refractivity contribution < 1.29 is 19.0 Å². The van der Waals surface area contributed by atoms with Gasteiger partial charge in [-0.1, -0.05) is 29.8 Å². The molecule has 130 valence electrons. The number of hydrogen-bond acceptors (Lipinski definition) is 4. The molecule has 0 aliphatic carbocycles. The number of hydrogen-bond donors (Lipinski definition) is 1. The largest absolute Gasteiger partial charge is 0.496 e. The normalized spacial score (nSPS) is 12.9. The highest BCUT2D eigenvalue weighted by atomic mass is 35.5. The van der Waals surface area contributed by atoms with Gasteiger partial charge in [0, 0.05) is 18.2 Å². The van der Waals surface area contributed by atoms with Gasteiger partial charge in [0.25, 0.3) is 0 Å². The van der Waals surface area contributed by atoms with Crippen LogP contribution in [0.5, 0.6) is 17.2 Å². The van der Waals surface area contributed by atoms with E-state index in [1.54, 1.807) is 19.3 Å². The van der Waals surface area contributed by atoms with Crippen molar-refractivity contribution in [1.29, 1.82) is 0 Å². The first-order valence-electron chi connectivity index (χ1n) is 7.84. The Labute approximate surface area is 151 Å². The fraction of sp³-hybridized carbons (Fsp3) is 0.211. The lowest BCUT2D eigenvalue weighted by Gasteiger charge is -2.20. The summed E-state index contributed by atoms with van der Waals surface area (Å²) in [6.45, 7) is 1.31. The van der Waals surface area contributed by atoms with Crippen molar-refractivity contribution in [3.63, 3.8) is 0 Å². The van der Waals surface area contributed by atoms with Gasteiger partial charge in [-0.3, -0.25) is 4.79 Å². The quantitative estimate of drug-likeness (QED) is 0.831. The zero-order valence-electron chi connectivity index (χ0n) is 13.8. The number of amides is 1. The van der Waals surface area contributed by atoms with E-state index in [0.717, 1.165) is 11.1 Å². The average molecular weight is 360 g/mol. The number of fused-ring (bicyclic) bond motifs is 1. The van der Waals surface area contributed by atoms with Gasteiger partial charge in [0.15, 0.2) is 11.5 Å². The van der Waals surface area contributed by atoms with Crippen LogP contribution in [-0.2, 0) is 11.3 Å². The molecule has 0 spiro atoms. The third kappa shape index (κ3) is 4.25. The van der Waals surface area contributed by atoms with Crippen molar-refractivity contribution >= 4 is 23.6 Å². The lowest BCUT2D eigenvalue weighted by molar-refractivity contribution is -0.116. The zero-order chi connectivity index (χ0) is 17.6. The lowest BCUT2D eigenvalue weighted by Crippen LogP contribution is -2.21. The number of halogens is 1. The van der Waals surface area contributed by atoms with E-state index in [1.165, 1.54) is 6.08 Å². The number of carbonyl (C=O) groups excluding carboxylic acids is 1. The predicted octanol–water partition coefficient (Wildman–Crippen LogP) is 3.45. The highest BCUT2D eigenvalue weighted by molar-refractivity contribution is 6.32. The first-order chi connectivity index (χ1) is 12.2. The molecule has 0 saturated heterocycles. The second-order valence-electron chi connectivity index (χ2n) is 5.39. The van der Waals surface area contributed by atoms with Gasteiger partial charge < -0.3 is 19.5 Å². The summed E-state index contributed by atoms with van der Waals surface area (Å²) >= 11 is 6.19. The minimum atomic E-state index is -0.211. The topological polar surface area (TPSA) is 56.8 Å². The number of para-hydroxylation sites is 1. The molecule has 0 bridgehead atoms. The Kier molecular flexibility index (Phi) is 5.46. The summed E-state index contributed by atoms with van der Waals surface area (Å²) in [5.74, 6) is 1.66. The first-order valence-corrected chi connectivity index (χ1v) is 8.22. The van der Waals surface area contributed by atoms with E-state index < -0.39 is 0 Å². The molecular weight excluding hydrogens is 342 g/mol. The SMILES string of the molecule is COc1ccccc1/C=C/C(=O)NCc1cc(Cl)c2c(c1)OCCO2. The van der Waals surface area contributed by atoms with Crippen LogP contribution in [0.4, 0.5) is 0 Å². The van der Waals surface area contributed by atoms with Crippen molar-refractivity contribution in [3.05, 3.63) is 58.6 Å². The maximum absolute atomic E-state index is 12.0. The second-order valence-corrected chi connectivity index (χ2v) is 5.80. The van der Waals surface area contributed by atoms with Gasteiger partial charge in [-0.05, 0) is 29.8 Å². The smallest absolute Gasteiger partial charge is 0.244 e.